The molecule has 0 radical (unpaired) electrons. The average Bonchev–Trinajstić information content (AvgIpc) is 3.59. The van der Waals surface area contributed by atoms with Crippen molar-refractivity contribution in [3.63, 3.8) is 0 Å². The first kappa shape index (κ1) is 32.0. The van der Waals surface area contributed by atoms with Crippen LogP contribution in [0.4, 0.5) is 17.1 Å². The number of benzene rings is 10. The highest BCUT2D eigenvalue weighted by molar-refractivity contribution is 6.13. The summed E-state index contributed by atoms with van der Waals surface area (Å²) in [7, 11) is 0. The van der Waals surface area contributed by atoms with Crippen molar-refractivity contribution in [3.8, 4) is 27.9 Å². The number of anilines is 3. The predicted molar refractivity (Wildman–Crippen MR) is 239 cm³/mol. The lowest BCUT2D eigenvalue weighted by atomic mass is 9.98. The molecule has 0 amide bonds. The topological polar surface area (TPSA) is 8.17 Å². The molecule has 0 saturated heterocycles. The SMILES string of the molecule is c1ccc(N(c2ccc(-c3ccc4cc(-n5c6ccccc6c6cc7ccccc7cc65)ccc4c3)cc2)c2ccc(-c3cccc4ccccc34)cc2)cc1. The first-order valence-corrected chi connectivity index (χ1v) is 19.3. The number of fused-ring (bicyclic) bond motifs is 6. The zero-order valence-corrected chi connectivity index (χ0v) is 30.7. The minimum absolute atomic E-state index is 1.11. The molecule has 0 fully saturated rings. The Morgan fingerprint density at radius 3 is 1.62 bits per heavy atom. The molecule has 10 aromatic carbocycles. The molecule has 1 aromatic heterocycles. The van der Waals surface area contributed by atoms with Crippen molar-refractivity contribution in [1.82, 2.24) is 4.57 Å². The lowest BCUT2D eigenvalue weighted by Crippen LogP contribution is -2.09. The fourth-order valence-corrected chi connectivity index (χ4v) is 8.58. The van der Waals surface area contributed by atoms with Crippen LogP contribution in [0.5, 0.6) is 0 Å². The maximum atomic E-state index is 2.42. The molecule has 0 aliphatic heterocycles. The van der Waals surface area contributed by atoms with E-state index >= 15 is 0 Å². The van der Waals surface area contributed by atoms with Crippen LogP contribution in [0.15, 0.2) is 218 Å². The van der Waals surface area contributed by atoms with Crippen LogP contribution >= 0.6 is 0 Å². The van der Waals surface area contributed by atoms with Crippen molar-refractivity contribution in [2.45, 2.75) is 0 Å². The third-order valence-electron chi connectivity index (χ3n) is 11.3. The first-order valence-electron chi connectivity index (χ1n) is 19.3. The lowest BCUT2D eigenvalue weighted by molar-refractivity contribution is 1.19. The smallest absolute Gasteiger partial charge is 0.0547 e. The highest BCUT2D eigenvalue weighted by atomic mass is 15.1. The minimum atomic E-state index is 1.11. The van der Waals surface area contributed by atoms with Crippen molar-refractivity contribution in [2.24, 2.45) is 0 Å². The quantitative estimate of drug-likeness (QED) is 0.167. The summed E-state index contributed by atoms with van der Waals surface area (Å²) < 4.78 is 2.42. The fraction of sp³-hybridized carbons (Fsp3) is 0. The van der Waals surface area contributed by atoms with Gasteiger partial charge in [0.05, 0.1) is 11.0 Å². The number of hydrogen-bond donors (Lipinski definition) is 0. The highest BCUT2D eigenvalue weighted by Crippen LogP contribution is 2.39. The van der Waals surface area contributed by atoms with Gasteiger partial charge in [-0.2, -0.15) is 0 Å². The Hall–Kier alpha value is -7.42. The van der Waals surface area contributed by atoms with Gasteiger partial charge in [0.15, 0.2) is 0 Å². The molecule has 0 saturated carbocycles. The zero-order chi connectivity index (χ0) is 37.0. The van der Waals surface area contributed by atoms with Crippen LogP contribution in [0.25, 0.3) is 82.1 Å². The van der Waals surface area contributed by atoms with Crippen LogP contribution in [0, 0.1) is 0 Å². The van der Waals surface area contributed by atoms with Crippen molar-refractivity contribution >= 4 is 71.2 Å². The third-order valence-corrected chi connectivity index (χ3v) is 11.3. The molecule has 0 N–H and O–H groups in total. The molecule has 0 aliphatic carbocycles. The second-order valence-electron chi connectivity index (χ2n) is 14.6. The number of rotatable bonds is 6. The molecular weight excluding hydrogens is 677 g/mol. The van der Waals surface area contributed by atoms with Crippen LogP contribution in [0.3, 0.4) is 0 Å². The van der Waals surface area contributed by atoms with Gasteiger partial charge in [0.1, 0.15) is 0 Å². The van der Waals surface area contributed by atoms with E-state index in [-0.39, 0.29) is 0 Å². The summed E-state index contributed by atoms with van der Waals surface area (Å²) in [4.78, 5) is 2.33. The summed E-state index contributed by atoms with van der Waals surface area (Å²) in [6.45, 7) is 0. The largest absolute Gasteiger partial charge is 0.311 e. The van der Waals surface area contributed by atoms with Crippen LogP contribution in [0.1, 0.15) is 0 Å². The van der Waals surface area contributed by atoms with E-state index in [9.17, 15) is 0 Å². The Morgan fingerprint density at radius 2 is 0.839 bits per heavy atom. The van der Waals surface area contributed by atoms with E-state index < -0.39 is 0 Å². The number of aromatic nitrogens is 1. The maximum Gasteiger partial charge on any atom is 0.0547 e. The molecule has 0 atom stereocenters. The Balaban J connectivity index is 0.929. The van der Waals surface area contributed by atoms with Gasteiger partial charge >= 0.3 is 0 Å². The van der Waals surface area contributed by atoms with Gasteiger partial charge in [0.25, 0.3) is 0 Å². The molecule has 0 unspecified atom stereocenters. The van der Waals surface area contributed by atoms with Crippen LogP contribution in [-0.2, 0) is 0 Å². The lowest BCUT2D eigenvalue weighted by Gasteiger charge is -2.26. The van der Waals surface area contributed by atoms with E-state index in [1.54, 1.807) is 0 Å². The molecule has 11 rings (SSSR count). The summed E-state index contributed by atoms with van der Waals surface area (Å²) in [5.41, 5.74) is 11.8. The second kappa shape index (κ2) is 13.2. The van der Waals surface area contributed by atoms with E-state index in [2.05, 4.69) is 228 Å². The Morgan fingerprint density at radius 1 is 0.286 bits per heavy atom. The van der Waals surface area contributed by atoms with Gasteiger partial charge in [-0.1, -0.05) is 146 Å². The summed E-state index contributed by atoms with van der Waals surface area (Å²) in [5.74, 6) is 0. The molecule has 0 aliphatic rings. The van der Waals surface area contributed by atoms with Gasteiger partial charge in [-0.3, -0.25) is 0 Å². The molecule has 1 heterocycles. The standard InChI is InChI=1S/C54H36N2/c1-2-15-45(16-3-1)55(47-30-25-39(26-31-47)50-19-10-14-38-11-6-7-17-49(38)50)46-28-23-37(24-29-46)42-21-22-44-34-48(32-27-43(44)33-42)56-53-20-9-8-18-51(53)52-35-40-12-4-5-13-41(40)36-54(52)56/h1-36H. The molecule has 2 nitrogen and oxygen atoms in total. The second-order valence-corrected chi connectivity index (χ2v) is 14.6. The molecule has 0 bridgehead atoms. The van der Waals surface area contributed by atoms with Gasteiger partial charge in [-0.15, -0.1) is 0 Å². The summed E-state index contributed by atoms with van der Waals surface area (Å²) in [6, 6.07) is 79.4. The molecule has 2 heteroatoms. The van der Waals surface area contributed by atoms with Crippen molar-refractivity contribution in [3.05, 3.63) is 218 Å². The minimum Gasteiger partial charge on any atom is -0.311 e. The normalized spacial score (nSPS) is 11.6. The first-order chi connectivity index (χ1) is 27.7. The van der Waals surface area contributed by atoms with Gasteiger partial charge < -0.3 is 9.47 Å². The number of hydrogen-bond acceptors (Lipinski definition) is 1. The number of nitrogens with zero attached hydrogens (tertiary/aromatic N) is 2. The molecule has 11 aromatic rings. The molecule has 262 valence electrons. The fourth-order valence-electron chi connectivity index (χ4n) is 8.58. The zero-order valence-electron chi connectivity index (χ0n) is 30.7. The van der Waals surface area contributed by atoms with Gasteiger partial charge in [-0.05, 0) is 127 Å². The third kappa shape index (κ3) is 5.42. The average molecular weight is 713 g/mol. The van der Waals surface area contributed by atoms with Crippen molar-refractivity contribution in [2.75, 3.05) is 4.90 Å². The van der Waals surface area contributed by atoms with E-state index in [0.717, 1.165) is 17.1 Å². The van der Waals surface area contributed by atoms with E-state index in [4.69, 9.17) is 0 Å². The van der Waals surface area contributed by atoms with E-state index in [1.165, 1.54) is 82.1 Å². The maximum absolute atomic E-state index is 2.42. The molecule has 56 heavy (non-hydrogen) atoms. The van der Waals surface area contributed by atoms with Crippen LogP contribution in [0.2, 0.25) is 0 Å². The van der Waals surface area contributed by atoms with Gasteiger partial charge in [0.2, 0.25) is 0 Å². The molecular formula is C54H36N2. The van der Waals surface area contributed by atoms with E-state index in [1.807, 2.05) is 0 Å². The van der Waals surface area contributed by atoms with E-state index in [0.29, 0.717) is 0 Å². The Bertz CT molecular complexity index is 3220. The number of para-hydroxylation sites is 2. The summed E-state index contributed by atoms with van der Waals surface area (Å²) in [6.07, 6.45) is 0. The van der Waals surface area contributed by atoms with Gasteiger partial charge in [-0.25, -0.2) is 0 Å². The monoisotopic (exact) mass is 712 g/mol. The summed E-state index contributed by atoms with van der Waals surface area (Å²) in [5, 5.41) is 10.0. The Kier molecular flexibility index (Phi) is 7.53. The highest BCUT2D eigenvalue weighted by Gasteiger charge is 2.16. The van der Waals surface area contributed by atoms with Gasteiger partial charge in [0, 0.05) is 33.5 Å². The van der Waals surface area contributed by atoms with Crippen molar-refractivity contribution < 1.29 is 0 Å². The van der Waals surface area contributed by atoms with Crippen LogP contribution < -0.4 is 4.90 Å². The molecule has 0 spiro atoms. The summed E-state index contributed by atoms with van der Waals surface area (Å²) >= 11 is 0. The van der Waals surface area contributed by atoms with Crippen molar-refractivity contribution in [1.29, 1.82) is 0 Å². The predicted octanol–water partition coefficient (Wildman–Crippen LogP) is 15.0. The Labute approximate surface area is 325 Å². The van der Waals surface area contributed by atoms with Crippen LogP contribution in [-0.4, -0.2) is 4.57 Å².